The molecule has 4 nitrogen and oxygen atoms in total. The fraction of sp³-hybridized carbons (Fsp3) is 0.417. The number of amides is 1. The first kappa shape index (κ1) is 21.9. The second-order valence-electron chi connectivity index (χ2n) is 8.77. The summed E-state index contributed by atoms with van der Waals surface area (Å²) >= 11 is 0. The normalized spacial score (nSPS) is 20.7. The molecule has 0 saturated carbocycles. The maximum Gasteiger partial charge on any atom is 0.306 e. The molecule has 1 aliphatic heterocycles. The van der Waals surface area contributed by atoms with Gasteiger partial charge in [-0.25, -0.2) is 8.78 Å². The molecule has 1 saturated heterocycles. The van der Waals surface area contributed by atoms with Gasteiger partial charge in [-0.1, -0.05) is 45.0 Å². The minimum absolute atomic E-state index is 0.0637. The predicted molar refractivity (Wildman–Crippen MR) is 109 cm³/mol. The summed E-state index contributed by atoms with van der Waals surface area (Å²) in [5.41, 5.74) is -0.127. The van der Waals surface area contributed by atoms with Crippen LogP contribution in [0.15, 0.2) is 48.5 Å². The van der Waals surface area contributed by atoms with Crippen molar-refractivity contribution in [3.8, 4) is 0 Å². The number of carbonyl (C=O) groups excluding carboxylic acids is 2. The smallest absolute Gasteiger partial charge is 0.306 e. The molecule has 1 unspecified atom stereocenters. The molecule has 160 valence electrons. The monoisotopic (exact) mass is 415 g/mol. The Morgan fingerprint density at radius 1 is 1.00 bits per heavy atom. The van der Waals surface area contributed by atoms with Crippen LogP contribution < -0.4 is 5.32 Å². The van der Waals surface area contributed by atoms with Crippen LogP contribution in [0.3, 0.4) is 0 Å². The average molecular weight is 415 g/mol. The fourth-order valence-electron chi connectivity index (χ4n) is 4.78. The number of esters is 1. The Morgan fingerprint density at radius 3 is 1.87 bits per heavy atom. The van der Waals surface area contributed by atoms with Gasteiger partial charge in [0.25, 0.3) is 0 Å². The number of hydrogen-bond donors (Lipinski definition) is 1. The van der Waals surface area contributed by atoms with Gasteiger partial charge in [-0.05, 0) is 47.7 Å². The zero-order valence-electron chi connectivity index (χ0n) is 17.7. The van der Waals surface area contributed by atoms with E-state index < -0.39 is 34.5 Å². The molecule has 1 N–H and O–H groups in total. The van der Waals surface area contributed by atoms with Crippen molar-refractivity contribution in [2.75, 3.05) is 6.61 Å². The van der Waals surface area contributed by atoms with Crippen LogP contribution >= 0.6 is 0 Å². The third kappa shape index (κ3) is 3.95. The standard InChI is InChI=1S/C24H27F2NO3/c1-5-30-20(28)14-19-21(23(2,3)4)24(27-22(19)29,15-6-10-17(25)11-7-15)16-8-12-18(26)13-9-16/h6-13,19,21H,5,14H2,1-4H3,(H,27,29)/t19-,21?/m0/s1. The highest BCUT2D eigenvalue weighted by Crippen LogP contribution is 2.53. The van der Waals surface area contributed by atoms with Gasteiger partial charge in [0.1, 0.15) is 11.6 Å². The first-order valence-corrected chi connectivity index (χ1v) is 10.1. The molecule has 0 radical (unpaired) electrons. The van der Waals surface area contributed by atoms with E-state index in [9.17, 15) is 18.4 Å². The number of benzene rings is 2. The summed E-state index contributed by atoms with van der Waals surface area (Å²) in [6.45, 7) is 7.94. The zero-order chi connectivity index (χ0) is 22.1. The van der Waals surface area contributed by atoms with Gasteiger partial charge in [0.2, 0.25) is 5.91 Å². The molecule has 2 aromatic carbocycles. The molecule has 1 fully saturated rings. The molecule has 2 aromatic rings. The van der Waals surface area contributed by atoms with Crippen molar-refractivity contribution in [1.29, 1.82) is 0 Å². The average Bonchev–Trinajstić information content (AvgIpc) is 2.96. The summed E-state index contributed by atoms with van der Waals surface area (Å²) in [6, 6.07) is 11.9. The lowest BCUT2D eigenvalue weighted by Gasteiger charge is -2.44. The van der Waals surface area contributed by atoms with E-state index in [0.29, 0.717) is 11.1 Å². The number of nitrogens with one attached hydrogen (secondary N) is 1. The van der Waals surface area contributed by atoms with Crippen molar-refractivity contribution in [1.82, 2.24) is 5.32 Å². The number of ether oxygens (including phenoxy) is 1. The largest absolute Gasteiger partial charge is 0.466 e. The lowest BCUT2D eigenvalue weighted by Crippen LogP contribution is -2.48. The zero-order valence-corrected chi connectivity index (χ0v) is 17.7. The second kappa shape index (κ2) is 8.17. The summed E-state index contributed by atoms with van der Waals surface area (Å²) < 4.78 is 32.5. The molecule has 1 aliphatic rings. The van der Waals surface area contributed by atoms with E-state index in [2.05, 4.69) is 5.32 Å². The van der Waals surface area contributed by atoms with Crippen LogP contribution in [0.4, 0.5) is 8.78 Å². The van der Waals surface area contributed by atoms with E-state index in [4.69, 9.17) is 4.74 Å². The molecular weight excluding hydrogens is 388 g/mol. The Labute approximate surface area is 175 Å². The van der Waals surface area contributed by atoms with Gasteiger partial charge >= 0.3 is 5.97 Å². The van der Waals surface area contributed by atoms with Crippen LogP contribution in [-0.2, 0) is 19.9 Å². The quantitative estimate of drug-likeness (QED) is 0.728. The highest BCUT2D eigenvalue weighted by Gasteiger charge is 2.59. The van der Waals surface area contributed by atoms with Crippen LogP contribution in [0.25, 0.3) is 0 Å². The SMILES string of the molecule is CCOC(=O)C[C@@H]1C(=O)NC(c2ccc(F)cc2)(c2ccc(F)cc2)C1C(C)(C)C. The van der Waals surface area contributed by atoms with Crippen LogP contribution in [0.5, 0.6) is 0 Å². The molecule has 0 aromatic heterocycles. The van der Waals surface area contributed by atoms with Crippen molar-refractivity contribution < 1.29 is 23.1 Å². The van der Waals surface area contributed by atoms with Gasteiger partial charge in [0, 0.05) is 5.92 Å². The van der Waals surface area contributed by atoms with Crippen molar-refractivity contribution in [3.05, 3.63) is 71.3 Å². The summed E-state index contributed by atoms with van der Waals surface area (Å²) in [5, 5.41) is 3.10. The fourth-order valence-corrected chi connectivity index (χ4v) is 4.78. The molecule has 1 heterocycles. The van der Waals surface area contributed by atoms with Crippen molar-refractivity contribution in [2.45, 2.75) is 39.7 Å². The van der Waals surface area contributed by atoms with Gasteiger partial charge in [-0.2, -0.15) is 0 Å². The number of halogens is 2. The lowest BCUT2D eigenvalue weighted by atomic mass is 9.60. The third-order valence-electron chi connectivity index (χ3n) is 5.75. The molecule has 2 atom stereocenters. The third-order valence-corrected chi connectivity index (χ3v) is 5.75. The van der Waals surface area contributed by atoms with E-state index in [1.165, 1.54) is 24.3 Å². The summed E-state index contributed by atoms with van der Waals surface area (Å²) in [5.74, 6) is -2.55. The molecule has 30 heavy (non-hydrogen) atoms. The van der Waals surface area contributed by atoms with Crippen molar-refractivity contribution >= 4 is 11.9 Å². The van der Waals surface area contributed by atoms with Gasteiger partial charge < -0.3 is 10.1 Å². The van der Waals surface area contributed by atoms with E-state index in [-0.39, 0.29) is 24.9 Å². The van der Waals surface area contributed by atoms with E-state index >= 15 is 0 Å². The maximum absolute atomic E-state index is 13.7. The van der Waals surface area contributed by atoms with Gasteiger partial charge in [0.05, 0.1) is 24.5 Å². The Balaban J connectivity index is 2.23. The number of rotatable bonds is 5. The Hall–Kier alpha value is -2.76. The first-order chi connectivity index (χ1) is 14.1. The van der Waals surface area contributed by atoms with Crippen LogP contribution in [0.2, 0.25) is 0 Å². The predicted octanol–water partition coefficient (Wildman–Crippen LogP) is 4.57. The number of carbonyl (C=O) groups is 2. The van der Waals surface area contributed by atoms with Crippen LogP contribution in [0, 0.1) is 28.9 Å². The second-order valence-corrected chi connectivity index (χ2v) is 8.77. The van der Waals surface area contributed by atoms with Crippen molar-refractivity contribution in [3.63, 3.8) is 0 Å². The highest BCUT2D eigenvalue weighted by molar-refractivity contribution is 5.88. The minimum Gasteiger partial charge on any atom is -0.466 e. The Kier molecular flexibility index (Phi) is 5.97. The van der Waals surface area contributed by atoms with Crippen LogP contribution in [0.1, 0.15) is 45.2 Å². The highest BCUT2D eigenvalue weighted by atomic mass is 19.1. The summed E-state index contributed by atoms with van der Waals surface area (Å²) in [4.78, 5) is 25.5. The van der Waals surface area contributed by atoms with Crippen LogP contribution in [-0.4, -0.2) is 18.5 Å². The maximum atomic E-state index is 13.7. The molecular formula is C24H27F2NO3. The minimum atomic E-state index is -1.05. The van der Waals surface area contributed by atoms with Crippen molar-refractivity contribution in [2.24, 2.45) is 17.3 Å². The molecule has 3 rings (SSSR count). The molecule has 6 heteroatoms. The molecule has 1 amide bonds. The summed E-state index contributed by atoms with van der Waals surface area (Å²) in [6.07, 6.45) is -0.0637. The van der Waals surface area contributed by atoms with Gasteiger partial charge in [-0.15, -0.1) is 0 Å². The van der Waals surface area contributed by atoms with E-state index in [0.717, 1.165) is 0 Å². The van der Waals surface area contributed by atoms with Gasteiger partial charge in [0.15, 0.2) is 0 Å². The lowest BCUT2D eigenvalue weighted by molar-refractivity contribution is -0.146. The molecule has 0 spiro atoms. The Bertz CT molecular complexity index is 871. The molecule has 0 bridgehead atoms. The topological polar surface area (TPSA) is 55.4 Å². The van der Waals surface area contributed by atoms with E-state index in [1.807, 2.05) is 20.8 Å². The summed E-state index contributed by atoms with van der Waals surface area (Å²) in [7, 11) is 0. The van der Waals surface area contributed by atoms with Gasteiger partial charge in [-0.3, -0.25) is 9.59 Å². The first-order valence-electron chi connectivity index (χ1n) is 10.1. The Morgan fingerprint density at radius 2 is 1.47 bits per heavy atom. The molecule has 0 aliphatic carbocycles. The van der Waals surface area contributed by atoms with E-state index in [1.54, 1.807) is 31.2 Å². The number of hydrogen-bond acceptors (Lipinski definition) is 3.